The molecule has 1 saturated carbocycles. The normalized spacial score (nSPS) is 17.2. The zero-order valence-corrected chi connectivity index (χ0v) is 12.2. The molecule has 0 heterocycles. The van der Waals surface area contributed by atoms with Crippen LogP contribution in [0.1, 0.15) is 32.3 Å². The van der Waals surface area contributed by atoms with Crippen LogP contribution in [0.4, 0.5) is 4.39 Å². The zero-order chi connectivity index (χ0) is 13.8. The first kappa shape index (κ1) is 14.5. The van der Waals surface area contributed by atoms with E-state index in [-0.39, 0.29) is 5.82 Å². The number of benzene rings is 1. The Bertz CT molecular complexity index is 384. The predicted octanol–water partition coefficient (Wildman–Crippen LogP) is 3.03. The van der Waals surface area contributed by atoms with Gasteiger partial charge >= 0.3 is 0 Å². The van der Waals surface area contributed by atoms with E-state index in [2.05, 4.69) is 31.1 Å². The molecular weight excluding hydrogens is 239 g/mol. The average Bonchev–Trinajstić information content (AvgIpc) is 3.16. The van der Waals surface area contributed by atoms with Crippen molar-refractivity contribution in [1.29, 1.82) is 0 Å². The number of halogens is 1. The zero-order valence-electron chi connectivity index (χ0n) is 12.2. The van der Waals surface area contributed by atoms with Gasteiger partial charge in [0.1, 0.15) is 5.82 Å². The van der Waals surface area contributed by atoms with Crippen molar-refractivity contribution in [3.8, 4) is 0 Å². The summed E-state index contributed by atoms with van der Waals surface area (Å²) in [7, 11) is 2.16. The highest BCUT2D eigenvalue weighted by Gasteiger charge is 2.24. The van der Waals surface area contributed by atoms with E-state index in [1.54, 1.807) is 0 Å². The summed E-state index contributed by atoms with van der Waals surface area (Å²) in [5.74, 6) is 0.443. The summed E-state index contributed by atoms with van der Waals surface area (Å²) in [6, 6.07) is 8.09. The molecule has 1 unspecified atom stereocenters. The highest BCUT2D eigenvalue weighted by atomic mass is 19.1. The molecule has 0 aromatic heterocycles. The van der Waals surface area contributed by atoms with Gasteiger partial charge in [0.2, 0.25) is 0 Å². The lowest BCUT2D eigenvalue weighted by molar-refractivity contribution is 0.179. The number of hydrogen-bond acceptors (Lipinski definition) is 2. The maximum atomic E-state index is 12.9. The van der Waals surface area contributed by atoms with Crippen molar-refractivity contribution in [2.24, 2.45) is 5.92 Å². The lowest BCUT2D eigenvalue weighted by Crippen LogP contribution is -2.43. The largest absolute Gasteiger partial charge is 0.312 e. The third-order valence-corrected chi connectivity index (χ3v) is 3.87. The molecule has 0 amide bonds. The van der Waals surface area contributed by atoms with Crippen LogP contribution >= 0.6 is 0 Å². The second-order valence-corrected chi connectivity index (χ2v) is 6.04. The van der Waals surface area contributed by atoms with Gasteiger partial charge in [-0.05, 0) is 43.5 Å². The van der Waals surface area contributed by atoms with E-state index in [4.69, 9.17) is 0 Å². The Kier molecular flexibility index (Phi) is 4.94. The van der Waals surface area contributed by atoms with Gasteiger partial charge in [-0.15, -0.1) is 0 Å². The lowest BCUT2D eigenvalue weighted by atomic mass is 10.0. The minimum atomic E-state index is -0.165. The van der Waals surface area contributed by atoms with E-state index < -0.39 is 0 Å². The van der Waals surface area contributed by atoms with Crippen LogP contribution in [-0.2, 0) is 6.54 Å². The molecule has 1 aromatic rings. The molecule has 2 nitrogen and oxygen atoms in total. The quantitative estimate of drug-likeness (QED) is 0.814. The molecule has 1 aromatic carbocycles. The molecule has 0 aliphatic heterocycles. The maximum absolute atomic E-state index is 12.9. The first-order chi connectivity index (χ1) is 9.06. The minimum Gasteiger partial charge on any atom is -0.312 e. The first-order valence-electron chi connectivity index (χ1n) is 7.24. The first-order valence-corrected chi connectivity index (χ1v) is 7.24. The van der Waals surface area contributed by atoms with E-state index >= 15 is 0 Å². The van der Waals surface area contributed by atoms with Crippen LogP contribution in [0, 0.1) is 11.7 Å². The molecule has 2 rings (SSSR count). The lowest BCUT2D eigenvalue weighted by Gasteiger charge is -2.31. The molecule has 19 heavy (non-hydrogen) atoms. The maximum Gasteiger partial charge on any atom is 0.123 e. The van der Waals surface area contributed by atoms with Crippen molar-refractivity contribution < 1.29 is 4.39 Å². The summed E-state index contributed by atoms with van der Waals surface area (Å²) in [4.78, 5) is 2.37. The summed E-state index contributed by atoms with van der Waals surface area (Å²) in [6.07, 6.45) is 2.65. The van der Waals surface area contributed by atoms with Crippen LogP contribution in [0.15, 0.2) is 24.3 Å². The number of likely N-dealkylation sites (N-methyl/N-ethyl adjacent to an activating group) is 1. The third-order valence-electron chi connectivity index (χ3n) is 3.87. The standard InChI is InChI=1S/C16H25FN2/c1-12(2)16(10-18-15-8-9-15)19(3)11-13-4-6-14(17)7-5-13/h4-7,12,15-16,18H,8-11H2,1-3H3. The van der Waals surface area contributed by atoms with E-state index in [1.807, 2.05) is 12.1 Å². The van der Waals surface area contributed by atoms with Gasteiger partial charge in [-0.2, -0.15) is 0 Å². The van der Waals surface area contributed by atoms with Gasteiger partial charge in [0, 0.05) is 25.2 Å². The fraction of sp³-hybridized carbons (Fsp3) is 0.625. The fourth-order valence-corrected chi connectivity index (χ4v) is 2.47. The number of nitrogens with zero attached hydrogens (tertiary/aromatic N) is 1. The van der Waals surface area contributed by atoms with Crippen LogP contribution in [0.2, 0.25) is 0 Å². The van der Waals surface area contributed by atoms with Gasteiger partial charge < -0.3 is 5.32 Å². The van der Waals surface area contributed by atoms with Gasteiger partial charge in [-0.1, -0.05) is 26.0 Å². The molecule has 3 heteroatoms. The van der Waals surface area contributed by atoms with E-state index in [9.17, 15) is 4.39 Å². The Morgan fingerprint density at radius 1 is 1.26 bits per heavy atom. The van der Waals surface area contributed by atoms with Crippen molar-refractivity contribution in [2.45, 2.75) is 45.3 Å². The van der Waals surface area contributed by atoms with E-state index in [1.165, 1.54) is 30.5 Å². The summed E-state index contributed by atoms with van der Waals surface area (Å²) >= 11 is 0. The molecule has 1 fully saturated rings. The van der Waals surface area contributed by atoms with Crippen molar-refractivity contribution >= 4 is 0 Å². The smallest absolute Gasteiger partial charge is 0.123 e. The monoisotopic (exact) mass is 264 g/mol. The average molecular weight is 264 g/mol. The van der Waals surface area contributed by atoms with E-state index in [0.29, 0.717) is 12.0 Å². The Balaban J connectivity index is 1.89. The Hall–Kier alpha value is -0.930. The molecule has 1 aliphatic carbocycles. The van der Waals surface area contributed by atoms with Gasteiger partial charge in [0.05, 0.1) is 0 Å². The molecule has 1 atom stereocenters. The summed E-state index contributed by atoms with van der Waals surface area (Å²) in [6.45, 7) is 6.44. The molecular formula is C16H25FN2. The molecule has 1 N–H and O–H groups in total. The second-order valence-electron chi connectivity index (χ2n) is 6.04. The van der Waals surface area contributed by atoms with Crippen LogP contribution in [0.25, 0.3) is 0 Å². The van der Waals surface area contributed by atoms with Crippen LogP contribution in [0.3, 0.4) is 0 Å². The molecule has 0 radical (unpaired) electrons. The SMILES string of the molecule is CC(C)C(CNC1CC1)N(C)Cc1ccc(F)cc1. The number of hydrogen-bond donors (Lipinski definition) is 1. The van der Waals surface area contributed by atoms with Crippen LogP contribution < -0.4 is 5.32 Å². The van der Waals surface area contributed by atoms with Gasteiger partial charge in [-0.3, -0.25) is 4.90 Å². The van der Waals surface area contributed by atoms with Crippen molar-refractivity contribution in [3.63, 3.8) is 0 Å². The number of nitrogens with one attached hydrogen (secondary N) is 1. The molecule has 0 bridgehead atoms. The minimum absolute atomic E-state index is 0.165. The topological polar surface area (TPSA) is 15.3 Å². The van der Waals surface area contributed by atoms with Gasteiger partial charge in [0.15, 0.2) is 0 Å². The van der Waals surface area contributed by atoms with Crippen molar-refractivity contribution in [3.05, 3.63) is 35.6 Å². The molecule has 106 valence electrons. The predicted molar refractivity (Wildman–Crippen MR) is 77.5 cm³/mol. The molecule has 0 saturated heterocycles. The van der Waals surface area contributed by atoms with Crippen LogP contribution in [0.5, 0.6) is 0 Å². The van der Waals surface area contributed by atoms with Gasteiger partial charge in [-0.25, -0.2) is 4.39 Å². The van der Waals surface area contributed by atoms with Crippen molar-refractivity contribution in [2.75, 3.05) is 13.6 Å². The fourth-order valence-electron chi connectivity index (χ4n) is 2.47. The summed E-state index contributed by atoms with van der Waals surface area (Å²) < 4.78 is 12.9. The van der Waals surface area contributed by atoms with Crippen LogP contribution in [-0.4, -0.2) is 30.6 Å². The second kappa shape index (κ2) is 6.49. The highest BCUT2D eigenvalue weighted by Crippen LogP contribution is 2.20. The summed E-state index contributed by atoms with van der Waals surface area (Å²) in [5.41, 5.74) is 1.17. The van der Waals surface area contributed by atoms with E-state index in [0.717, 1.165) is 19.1 Å². The Morgan fingerprint density at radius 3 is 2.42 bits per heavy atom. The van der Waals surface area contributed by atoms with Crippen molar-refractivity contribution in [1.82, 2.24) is 10.2 Å². The number of rotatable bonds is 7. The molecule has 0 spiro atoms. The summed E-state index contributed by atoms with van der Waals surface area (Å²) in [5, 5.41) is 3.61. The Labute approximate surface area is 116 Å². The third kappa shape index (κ3) is 4.59. The highest BCUT2D eigenvalue weighted by molar-refractivity contribution is 5.16. The Morgan fingerprint density at radius 2 is 1.89 bits per heavy atom. The molecule has 1 aliphatic rings. The van der Waals surface area contributed by atoms with Gasteiger partial charge in [0.25, 0.3) is 0 Å².